The second-order valence-corrected chi connectivity index (χ2v) is 5.02. The van der Waals surface area contributed by atoms with Gasteiger partial charge < -0.3 is 14.8 Å². The van der Waals surface area contributed by atoms with Gasteiger partial charge in [0.05, 0.1) is 11.0 Å². The molecular weight excluding hydrogens is 240 g/mol. The van der Waals surface area contributed by atoms with Crippen molar-refractivity contribution < 1.29 is 4.79 Å². The number of carbonyl (C=O) groups excluding carboxylic acids is 1. The fraction of sp³-hybridized carbons (Fsp3) is 0.429. The molecule has 0 unspecified atom stereocenters. The van der Waals surface area contributed by atoms with Gasteiger partial charge in [0, 0.05) is 38.8 Å². The third-order valence-corrected chi connectivity index (χ3v) is 3.67. The zero-order valence-corrected chi connectivity index (χ0v) is 11.3. The van der Waals surface area contributed by atoms with Crippen LogP contribution in [-0.4, -0.2) is 47.0 Å². The zero-order chi connectivity index (χ0) is 13.4. The molecule has 100 valence electrons. The molecule has 0 saturated carbocycles. The Kier molecular flexibility index (Phi) is 2.89. The number of benzene rings is 1. The molecule has 1 fully saturated rings. The largest absolute Gasteiger partial charge is 0.368 e. The lowest BCUT2D eigenvalue weighted by Crippen LogP contribution is -2.48. The van der Waals surface area contributed by atoms with Gasteiger partial charge in [-0.3, -0.25) is 4.79 Å². The molecule has 2 heterocycles. The van der Waals surface area contributed by atoms with Crippen LogP contribution in [-0.2, 0) is 4.79 Å². The van der Waals surface area contributed by atoms with E-state index in [0.29, 0.717) is 0 Å². The molecule has 0 bridgehead atoms. The van der Waals surface area contributed by atoms with Crippen LogP contribution in [0.25, 0.3) is 11.0 Å². The summed E-state index contributed by atoms with van der Waals surface area (Å²) in [6, 6.07) is 6.29. The number of nitrogens with one attached hydrogen (secondary N) is 1. The van der Waals surface area contributed by atoms with Crippen molar-refractivity contribution in [1.82, 2.24) is 14.9 Å². The van der Waals surface area contributed by atoms with Gasteiger partial charge >= 0.3 is 0 Å². The molecule has 1 saturated heterocycles. The summed E-state index contributed by atoms with van der Waals surface area (Å²) >= 11 is 0. The van der Waals surface area contributed by atoms with Crippen molar-refractivity contribution in [1.29, 1.82) is 0 Å². The predicted molar refractivity (Wildman–Crippen MR) is 75.3 cm³/mol. The van der Waals surface area contributed by atoms with Crippen molar-refractivity contribution in [2.45, 2.75) is 13.8 Å². The van der Waals surface area contributed by atoms with E-state index in [1.54, 1.807) is 6.92 Å². The number of hydrogen-bond donors (Lipinski definition) is 1. The average molecular weight is 258 g/mol. The van der Waals surface area contributed by atoms with Crippen LogP contribution >= 0.6 is 0 Å². The highest BCUT2D eigenvalue weighted by Gasteiger charge is 2.19. The molecule has 1 aliphatic rings. The van der Waals surface area contributed by atoms with E-state index in [1.165, 1.54) is 5.69 Å². The van der Waals surface area contributed by atoms with E-state index >= 15 is 0 Å². The maximum absolute atomic E-state index is 11.3. The van der Waals surface area contributed by atoms with E-state index in [0.717, 1.165) is 43.0 Å². The number of amides is 1. The van der Waals surface area contributed by atoms with E-state index < -0.39 is 0 Å². The van der Waals surface area contributed by atoms with E-state index in [1.807, 2.05) is 17.9 Å². The fourth-order valence-corrected chi connectivity index (χ4v) is 2.60. The molecule has 1 aromatic carbocycles. The van der Waals surface area contributed by atoms with Crippen molar-refractivity contribution in [2.24, 2.45) is 0 Å². The third-order valence-electron chi connectivity index (χ3n) is 3.67. The van der Waals surface area contributed by atoms with E-state index in [-0.39, 0.29) is 5.91 Å². The van der Waals surface area contributed by atoms with Gasteiger partial charge in [0.2, 0.25) is 5.91 Å². The molecule has 3 rings (SSSR count). The van der Waals surface area contributed by atoms with Crippen LogP contribution in [0, 0.1) is 6.92 Å². The van der Waals surface area contributed by atoms with E-state index in [2.05, 4.69) is 27.0 Å². The number of H-pyrrole nitrogens is 1. The highest BCUT2D eigenvalue weighted by Crippen LogP contribution is 2.21. The van der Waals surface area contributed by atoms with Gasteiger partial charge in [-0.1, -0.05) is 0 Å². The summed E-state index contributed by atoms with van der Waals surface area (Å²) in [5, 5.41) is 0. The molecule has 19 heavy (non-hydrogen) atoms. The second-order valence-electron chi connectivity index (χ2n) is 5.02. The number of imidazole rings is 1. The summed E-state index contributed by atoms with van der Waals surface area (Å²) < 4.78 is 0. The van der Waals surface area contributed by atoms with Gasteiger partial charge in [-0.2, -0.15) is 0 Å². The first kappa shape index (κ1) is 12.0. The van der Waals surface area contributed by atoms with Crippen LogP contribution in [0.3, 0.4) is 0 Å². The Bertz CT molecular complexity index is 611. The summed E-state index contributed by atoms with van der Waals surface area (Å²) in [7, 11) is 0. The quantitative estimate of drug-likeness (QED) is 0.844. The van der Waals surface area contributed by atoms with Crippen molar-refractivity contribution >= 4 is 22.6 Å². The van der Waals surface area contributed by atoms with Crippen LogP contribution in [0.4, 0.5) is 5.69 Å². The Morgan fingerprint density at radius 1 is 1.26 bits per heavy atom. The molecule has 0 aliphatic carbocycles. The lowest BCUT2D eigenvalue weighted by Gasteiger charge is -2.35. The number of aromatic amines is 1. The molecule has 1 N–H and O–H groups in total. The molecular formula is C14H18N4O. The first-order valence-corrected chi connectivity index (χ1v) is 6.60. The van der Waals surface area contributed by atoms with E-state index in [9.17, 15) is 4.79 Å². The number of aromatic nitrogens is 2. The monoisotopic (exact) mass is 258 g/mol. The van der Waals surface area contributed by atoms with Gasteiger partial charge in [0.1, 0.15) is 5.82 Å². The lowest BCUT2D eigenvalue weighted by atomic mass is 10.2. The summed E-state index contributed by atoms with van der Waals surface area (Å²) in [6.07, 6.45) is 0. The molecule has 2 aromatic rings. The normalized spacial score (nSPS) is 16.1. The Labute approximate surface area is 112 Å². The number of aryl methyl sites for hydroxylation is 1. The van der Waals surface area contributed by atoms with Crippen LogP contribution in [0.2, 0.25) is 0 Å². The molecule has 1 amide bonds. The van der Waals surface area contributed by atoms with Crippen molar-refractivity contribution in [3.8, 4) is 0 Å². The predicted octanol–water partition coefficient (Wildman–Crippen LogP) is 1.54. The highest BCUT2D eigenvalue weighted by molar-refractivity contribution is 5.80. The zero-order valence-electron chi connectivity index (χ0n) is 11.3. The Morgan fingerprint density at radius 2 is 2.00 bits per heavy atom. The van der Waals surface area contributed by atoms with Gasteiger partial charge in [0.15, 0.2) is 0 Å². The summed E-state index contributed by atoms with van der Waals surface area (Å²) in [5.74, 6) is 1.10. The maximum Gasteiger partial charge on any atom is 0.219 e. The second kappa shape index (κ2) is 4.57. The summed E-state index contributed by atoms with van der Waals surface area (Å²) in [5.41, 5.74) is 3.27. The first-order chi connectivity index (χ1) is 9.13. The molecule has 1 aliphatic heterocycles. The van der Waals surface area contributed by atoms with Crippen molar-refractivity contribution in [3.63, 3.8) is 0 Å². The number of nitrogens with zero attached hydrogens (tertiary/aromatic N) is 3. The SMILES string of the molecule is CC(=O)N1CCN(c2ccc3nc(C)[nH]c3c2)CC1. The van der Waals surface area contributed by atoms with Gasteiger partial charge in [-0.05, 0) is 25.1 Å². The topological polar surface area (TPSA) is 52.2 Å². The van der Waals surface area contributed by atoms with Crippen molar-refractivity contribution in [2.75, 3.05) is 31.1 Å². The molecule has 5 heteroatoms. The number of rotatable bonds is 1. The lowest BCUT2D eigenvalue weighted by molar-refractivity contribution is -0.129. The Balaban J connectivity index is 1.79. The van der Waals surface area contributed by atoms with Crippen LogP contribution < -0.4 is 4.90 Å². The minimum atomic E-state index is 0.166. The first-order valence-electron chi connectivity index (χ1n) is 6.60. The molecule has 1 aromatic heterocycles. The maximum atomic E-state index is 11.3. The summed E-state index contributed by atoms with van der Waals surface area (Å²) in [4.78, 5) is 23.2. The molecule has 0 spiro atoms. The standard InChI is InChI=1S/C14H18N4O/c1-10-15-13-4-3-12(9-14(13)16-10)18-7-5-17(6-8-18)11(2)19/h3-4,9H,5-8H2,1-2H3,(H,15,16). The van der Waals surface area contributed by atoms with E-state index in [4.69, 9.17) is 0 Å². The molecule has 0 atom stereocenters. The van der Waals surface area contributed by atoms with Crippen molar-refractivity contribution in [3.05, 3.63) is 24.0 Å². The summed E-state index contributed by atoms with van der Waals surface area (Å²) in [6.45, 7) is 6.97. The highest BCUT2D eigenvalue weighted by atomic mass is 16.2. The molecule has 0 radical (unpaired) electrons. The smallest absolute Gasteiger partial charge is 0.219 e. The van der Waals surface area contributed by atoms with Gasteiger partial charge in [0.25, 0.3) is 0 Å². The fourth-order valence-electron chi connectivity index (χ4n) is 2.60. The third kappa shape index (κ3) is 2.28. The van der Waals surface area contributed by atoms with Crippen LogP contribution in [0.1, 0.15) is 12.7 Å². The molecule has 5 nitrogen and oxygen atoms in total. The number of hydrogen-bond acceptors (Lipinski definition) is 3. The Hall–Kier alpha value is -2.04. The number of carbonyl (C=O) groups is 1. The average Bonchev–Trinajstić information content (AvgIpc) is 2.77. The number of piperazine rings is 1. The van der Waals surface area contributed by atoms with Crippen LogP contribution in [0.5, 0.6) is 0 Å². The van der Waals surface area contributed by atoms with Gasteiger partial charge in [-0.15, -0.1) is 0 Å². The van der Waals surface area contributed by atoms with Gasteiger partial charge in [-0.25, -0.2) is 4.98 Å². The number of fused-ring (bicyclic) bond motifs is 1. The number of anilines is 1. The Morgan fingerprint density at radius 3 is 2.68 bits per heavy atom. The van der Waals surface area contributed by atoms with Crippen LogP contribution in [0.15, 0.2) is 18.2 Å². The minimum Gasteiger partial charge on any atom is -0.368 e. The minimum absolute atomic E-state index is 0.166.